The zero-order chi connectivity index (χ0) is 64.7. The van der Waals surface area contributed by atoms with Gasteiger partial charge in [-0.3, -0.25) is 19.4 Å². The van der Waals surface area contributed by atoms with E-state index in [1.165, 1.54) is 48.5 Å². The van der Waals surface area contributed by atoms with E-state index in [-0.39, 0.29) is 79.3 Å². The average Bonchev–Trinajstić information content (AvgIpc) is 1.73. The van der Waals surface area contributed by atoms with E-state index in [0.29, 0.717) is 120 Å². The Labute approximate surface area is 526 Å². The van der Waals surface area contributed by atoms with Crippen LogP contribution in [-0.2, 0) is 38.6 Å². The Balaban J connectivity index is 0.000000197. The summed E-state index contributed by atoms with van der Waals surface area (Å²) in [6, 6.07) is 15.4. The average molecular weight is 1290 g/mol. The molecule has 91 heavy (non-hydrogen) atoms. The Hall–Kier alpha value is -7.27. The van der Waals surface area contributed by atoms with Crippen molar-refractivity contribution in [3.63, 3.8) is 0 Å². The number of hydrogen-bond acceptors (Lipinski definition) is 15. The van der Waals surface area contributed by atoms with Crippen molar-refractivity contribution in [2.45, 2.75) is 160 Å². The fraction of sp³-hybridized carbons (Fsp3) is 0.485. The highest BCUT2D eigenvalue weighted by molar-refractivity contribution is 6.76. The number of benzene rings is 2. The molecule has 2 amide bonds. The zero-order valence-electron chi connectivity index (χ0n) is 52.8. The summed E-state index contributed by atoms with van der Waals surface area (Å²) in [5.41, 5.74) is 3.12. The van der Waals surface area contributed by atoms with E-state index in [1.807, 2.05) is 10.6 Å². The minimum atomic E-state index is -2.04. The largest absolute Gasteiger partial charge is 0.466 e. The van der Waals surface area contributed by atoms with Gasteiger partial charge in [0.05, 0.1) is 40.8 Å². The summed E-state index contributed by atoms with van der Waals surface area (Å²) in [6.45, 7) is 21.1. The number of aromatic nitrogens is 4. The molecule has 0 atom stereocenters. The summed E-state index contributed by atoms with van der Waals surface area (Å²) in [5, 5.41) is 11.6. The number of carbonyl (C=O) groups is 2. The van der Waals surface area contributed by atoms with Crippen molar-refractivity contribution in [3.05, 3.63) is 129 Å². The quantitative estimate of drug-likeness (QED) is 0.0334. The Morgan fingerprint density at radius 3 is 1.70 bits per heavy atom. The predicted molar refractivity (Wildman–Crippen MR) is 344 cm³/mol. The number of nitrogens with zero attached hydrogens (tertiary/aromatic N) is 7. The molecular weight excluding hydrogens is 1210 g/mol. The summed E-state index contributed by atoms with van der Waals surface area (Å²) < 4.78 is 93.6. The number of ether oxygens (including phenoxy) is 3. The molecule has 0 spiro atoms. The second-order valence-corrected chi connectivity index (χ2v) is 37.5. The molecule has 8 aromatic rings. The molecule has 12 rings (SSSR count). The molecule has 8 heterocycles. The molecule has 19 nitrogen and oxygen atoms in total. The summed E-state index contributed by atoms with van der Waals surface area (Å²) in [7, 11) is -3.41. The van der Waals surface area contributed by atoms with E-state index in [0.717, 1.165) is 55.5 Å². The third kappa shape index (κ3) is 14.4. The number of pyridine rings is 2. The number of carbonyl (C=O) groups excluding carboxylic acids is 2. The number of amides is 2. The normalized spacial score (nSPS) is 19.1. The van der Waals surface area contributed by atoms with Gasteiger partial charge in [-0.1, -0.05) is 40.4 Å². The lowest BCUT2D eigenvalue weighted by Gasteiger charge is -2.42. The first kappa shape index (κ1) is 65.2. The highest BCUT2D eigenvalue weighted by Gasteiger charge is 2.40. The minimum Gasteiger partial charge on any atom is -0.466 e. The van der Waals surface area contributed by atoms with Gasteiger partial charge in [0.2, 0.25) is 11.8 Å². The number of halogens is 4. The lowest BCUT2D eigenvalue weighted by atomic mass is 9.88. The Morgan fingerprint density at radius 2 is 1.16 bits per heavy atom. The maximum atomic E-state index is 14.7. The van der Waals surface area contributed by atoms with E-state index in [4.69, 9.17) is 27.5 Å². The monoisotopic (exact) mass is 1290 g/mol. The van der Waals surface area contributed by atoms with Gasteiger partial charge in [-0.25, -0.2) is 37.1 Å². The summed E-state index contributed by atoms with van der Waals surface area (Å²) in [6.07, 6.45) is 8.06. The highest BCUT2D eigenvalue weighted by atomic mass is 28.4. The van der Waals surface area contributed by atoms with Crippen LogP contribution in [0.1, 0.15) is 83.5 Å². The molecular formula is C66H80F4N8O11Si2. The lowest BCUT2D eigenvalue weighted by Crippen LogP contribution is -2.50. The van der Waals surface area contributed by atoms with Crippen molar-refractivity contribution in [2.24, 2.45) is 0 Å². The zero-order valence-corrected chi connectivity index (χ0v) is 54.8. The van der Waals surface area contributed by atoms with Gasteiger partial charge in [0.1, 0.15) is 52.5 Å². The molecule has 486 valence electrons. The van der Waals surface area contributed by atoms with Crippen LogP contribution < -0.4 is 30.5 Å². The first-order valence-corrected chi connectivity index (χ1v) is 37.9. The van der Waals surface area contributed by atoms with Gasteiger partial charge in [0, 0.05) is 106 Å². The van der Waals surface area contributed by atoms with E-state index in [1.54, 1.807) is 15.9 Å². The number of nitrogens with one attached hydrogen (secondary N) is 1. The van der Waals surface area contributed by atoms with Gasteiger partial charge in [-0.2, -0.15) is 0 Å². The molecule has 4 aliphatic rings. The number of rotatable bonds is 19. The van der Waals surface area contributed by atoms with Crippen LogP contribution >= 0.6 is 0 Å². The van der Waals surface area contributed by atoms with Crippen LogP contribution in [0.15, 0.2) is 91.5 Å². The van der Waals surface area contributed by atoms with Crippen molar-refractivity contribution in [1.29, 1.82) is 0 Å². The van der Waals surface area contributed by atoms with Crippen LogP contribution in [0.25, 0.3) is 43.7 Å². The van der Waals surface area contributed by atoms with E-state index < -0.39 is 50.9 Å². The SMILES string of the molecule is CC(C)(C)[Si](C)(C)OCCN(Cc1cc2c(=O)oc3ccc(F)cc3c2n1COCC[Si](C)(C)C)C1CCC(N2C(=O)COc3ncc(F)cc32)CC1.O=C1COc2ncc(F)cc2N1C1CCC(N(CCO)Cc2cc3c(=O)oc4ccc(F)cc4c3[nH]2)CC1. The number of anilines is 2. The van der Waals surface area contributed by atoms with Crippen LogP contribution in [0.4, 0.5) is 28.9 Å². The number of aromatic amines is 1. The van der Waals surface area contributed by atoms with Gasteiger partial charge >= 0.3 is 11.3 Å². The minimum absolute atomic E-state index is 0.0449. The molecule has 2 saturated carbocycles. The second kappa shape index (κ2) is 26.8. The first-order valence-electron chi connectivity index (χ1n) is 31.3. The van der Waals surface area contributed by atoms with Crippen molar-refractivity contribution < 1.29 is 59.7 Å². The van der Waals surface area contributed by atoms with E-state index in [9.17, 15) is 41.8 Å². The molecule has 0 bridgehead atoms. The van der Waals surface area contributed by atoms with Crippen molar-refractivity contribution in [2.75, 3.05) is 55.9 Å². The summed E-state index contributed by atoms with van der Waals surface area (Å²) >= 11 is 0. The van der Waals surface area contributed by atoms with Gasteiger partial charge in [-0.15, -0.1) is 0 Å². The molecule has 2 fully saturated rings. The van der Waals surface area contributed by atoms with Crippen molar-refractivity contribution >= 4 is 83.3 Å². The molecule has 0 radical (unpaired) electrons. The Kier molecular flexibility index (Phi) is 19.2. The van der Waals surface area contributed by atoms with Crippen LogP contribution in [0.5, 0.6) is 11.8 Å². The van der Waals surface area contributed by atoms with Crippen LogP contribution in [0, 0.1) is 23.3 Å². The third-order valence-electron chi connectivity index (χ3n) is 18.7. The van der Waals surface area contributed by atoms with Gasteiger partial charge < -0.3 is 51.9 Å². The van der Waals surface area contributed by atoms with E-state index >= 15 is 0 Å². The highest BCUT2D eigenvalue weighted by Crippen LogP contribution is 2.41. The number of aliphatic hydroxyl groups excluding tert-OH is 1. The Morgan fingerprint density at radius 1 is 0.637 bits per heavy atom. The van der Waals surface area contributed by atoms with Crippen LogP contribution in [-0.4, -0.2) is 133 Å². The molecule has 6 aromatic heterocycles. The Bertz CT molecular complexity index is 4110. The number of hydrogen-bond donors (Lipinski definition) is 2. The molecule has 25 heteroatoms. The number of aliphatic hydroxyl groups is 1. The maximum absolute atomic E-state index is 14.7. The van der Waals surface area contributed by atoms with Crippen molar-refractivity contribution in [3.8, 4) is 11.8 Å². The first-order chi connectivity index (χ1) is 43.3. The van der Waals surface area contributed by atoms with Gasteiger partial charge in [0.15, 0.2) is 21.5 Å². The van der Waals surface area contributed by atoms with Crippen LogP contribution in [0.3, 0.4) is 0 Å². The molecule has 2 N–H and O–H groups in total. The number of fused-ring (bicyclic) bond motifs is 8. The third-order valence-corrected chi connectivity index (χ3v) is 25.0. The number of H-pyrrole nitrogens is 1. The summed E-state index contributed by atoms with van der Waals surface area (Å²) in [4.78, 5) is 70.9. The fourth-order valence-electron chi connectivity index (χ4n) is 12.9. The standard InChI is InChI=1S/C39H54F2N4O6Si2.C27H26F2N4O5/c1-39(2,3)53(7,8)50-16-15-43(28-10-12-29(13-11-28)45-33-20-27(41)22-42-37(33)49-24-35(45)46)23-30-21-32-36(44(30)25-48-17-18-52(4,5)6)31-19-26(40)9-14-34(31)51-38(32)47;28-15-1-6-23-20(9-15)25-21(27(36)38-23)11-17(31-25)13-32(7-8-34)18-2-4-19(5-3-18)33-22-10-16(29)12-30-26(22)37-14-24(33)35/h9,14,19-22,28-29H,10-13,15-18,23-25H2,1-8H3;1,6,9-12,18-19,31,34H,2-5,7-8,13-14H2. The molecule has 2 aliphatic carbocycles. The predicted octanol–water partition coefficient (Wildman–Crippen LogP) is 11.8. The fourth-order valence-corrected chi connectivity index (χ4v) is 14.7. The van der Waals surface area contributed by atoms with Crippen LogP contribution in [0.2, 0.25) is 43.8 Å². The topological polar surface area (TPSA) is 211 Å². The maximum Gasteiger partial charge on any atom is 0.345 e. The smallest absolute Gasteiger partial charge is 0.345 e. The molecule has 0 saturated heterocycles. The molecule has 0 unspecified atom stereocenters. The second-order valence-electron chi connectivity index (χ2n) is 27.1. The van der Waals surface area contributed by atoms with Gasteiger partial charge in [-0.05, 0) is 124 Å². The van der Waals surface area contributed by atoms with Crippen molar-refractivity contribution in [1.82, 2.24) is 29.3 Å². The van der Waals surface area contributed by atoms with E-state index in [2.05, 4.69) is 78.3 Å². The summed E-state index contributed by atoms with van der Waals surface area (Å²) in [5.74, 6) is -1.78. The molecule has 2 aliphatic heterocycles. The lowest BCUT2D eigenvalue weighted by molar-refractivity contribution is -0.122. The molecule has 2 aromatic carbocycles. The van der Waals surface area contributed by atoms with Gasteiger partial charge in [0.25, 0.3) is 11.8 Å².